The lowest BCUT2D eigenvalue weighted by Crippen LogP contribution is -2.26. The Morgan fingerprint density at radius 2 is 1.95 bits per heavy atom. The van der Waals surface area contributed by atoms with Crippen LogP contribution in [-0.2, 0) is 9.47 Å². The van der Waals surface area contributed by atoms with Crippen molar-refractivity contribution < 1.29 is 9.47 Å². The smallest absolute Gasteiger partial charge is 0.248 e. The Morgan fingerprint density at radius 3 is 2.60 bits per heavy atom. The summed E-state index contributed by atoms with van der Waals surface area (Å²) in [6.07, 6.45) is 14.3. The van der Waals surface area contributed by atoms with Crippen LogP contribution in [0.2, 0.25) is 0 Å². The van der Waals surface area contributed by atoms with Crippen molar-refractivity contribution in [3.8, 4) is 0 Å². The summed E-state index contributed by atoms with van der Waals surface area (Å²) >= 11 is 0. The number of rotatable bonds is 6. The molecule has 114 valence electrons. The molecule has 1 saturated carbocycles. The van der Waals surface area contributed by atoms with E-state index < -0.39 is 5.79 Å². The minimum absolute atomic E-state index is 0.460. The highest BCUT2D eigenvalue weighted by Gasteiger charge is 2.35. The van der Waals surface area contributed by atoms with E-state index in [0.717, 1.165) is 24.2 Å². The Hall–Kier alpha value is -0.920. The summed E-state index contributed by atoms with van der Waals surface area (Å²) in [7, 11) is 0. The third-order valence-corrected chi connectivity index (χ3v) is 4.64. The third kappa shape index (κ3) is 4.04. The molecule has 0 saturated heterocycles. The first-order valence-corrected chi connectivity index (χ1v) is 8.41. The van der Waals surface area contributed by atoms with Gasteiger partial charge < -0.3 is 9.47 Å². The number of unbranched alkanes of at least 4 members (excludes halogenated alkanes) is 2. The molecule has 1 aliphatic carbocycles. The zero-order valence-electron chi connectivity index (χ0n) is 13.2. The highest BCUT2D eigenvalue weighted by atomic mass is 16.7. The third-order valence-electron chi connectivity index (χ3n) is 4.64. The van der Waals surface area contributed by atoms with Gasteiger partial charge in [-0.1, -0.05) is 52.0 Å². The summed E-state index contributed by atoms with van der Waals surface area (Å²) in [4.78, 5) is 0. The number of allylic oxidation sites excluding steroid dienone is 1. The van der Waals surface area contributed by atoms with Crippen molar-refractivity contribution in [3.05, 3.63) is 24.2 Å². The molecule has 0 N–H and O–H groups in total. The van der Waals surface area contributed by atoms with Gasteiger partial charge in [-0.25, -0.2) is 0 Å². The van der Waals surface area contributed by atoms with Gasteiger partial charge in [-0.15, -0.1) is 0 Å². The molecule has 0 aromatic heterocycles. The van der Waals surface area contributed by atoms with Crippen molar-refractivity contribution >= 4 is 0 Å². The topological polar surface area (TPSA) is 18.5 Å². The Bertz CT molecular complexity index is 350. The van der Waals surface area contributed by atoms with Crippen LogP contribution in [0.25, 0.3) is 0 Å². The average Bonchev–Trinajstić information content (AvgIpc) is 2.66. The van der Waals surface area contributed by atoms with Gasteiger partial charge >= 0.3 is 0 Å². The van der Waals surface area contributed by atoms with E-state index in [9.17, 15) is 0 Å². The maximum atomic E-state index is 6.09. The number of hydrogen-bond donors (Lipinski definition) is 0. The van der Waals surface area contributed by atoms with Crippen molar-refractivity contribution in [3.63, 3.8) is 0 Å². The fourth-order valence-electron chi connectivity index (χ4n) is 3.24. The summed E-state index contributed by atoms with van der Waals surface area (Å²) in [6.45, 7) is 8.56. The molecule has 1 heterocycles. The van der Waals surface area contributed by atoms with Crippen molar-refractivity contribution in [2.24, 2.45) is 5.92 Å². The van der Waals surface area contributed by atoms with Gasteiger partial charge in [0.1, 0.15) is 6.26 Å². The number of ether oxygens (including phenoxy) is 2. The normalized spacial score (nSPS) is 27.4. The van der Waals surface area contributed by atoms with Gasteiger partial charge in [0.05, 0.1) is 0 Å². The van der Waals surface area contributed by atoms with Crippen molar-refractivity contribution in [2.75, 3.05) is 0 Å². The van der Waals surface area contributed by atoms with Gasteiger partial charge in [0.2, 0.25) is 5.79 Å². The molecule has 2 nitrogen and oxygen atoms in total. The lowest BCUT2D eigenvalue weighted by molar-refractivity contribution is -0.137. The largest absolute Gasteiger partial charge is 0.456 e. The zero-order valence-corrected chi connectivity index (χ0v) is 13.2. The van der Waals surface area contributed by atoms with Crippen LogP contribution >= 0.6 is 0 Å². The van der Waals surface area contributed by atoms with Crippen molar-refractivity contribution in [2.45, 2.75) is 83.8 Å². The lowest BCUT2D eigenvalue weighted by atomic mass is 9.91. The van der Waals surface area contributed by atoms with Gasteiger partial charge in [0.15, 0.2) is 5.76 Å². The summed E-state index contributed by atoms with van der Waals surface area (Å²) in [5.74, 6) is 1.03. The Morgan fingerprint density at radius 1 is 1.25 bits per heavy atom. The second-order valence-corrected chi connectivity index (χ2v) is 6.51. The molecule has 0 aromatic rings. The van der Waals surface area contributed by atoms with Crippen LogP contribution in [0, 0.1) is 5.92 Å². The monoisotopic (exact) mass is 278 g/mol. The fraction of sp³-hybridized carbons (Fsp3) is 0.778. The van der Waals surface area contributed by atoms with E-state index in [-0.39, 0.29) is 0 Å². The summed E-state index contributed by atoms with van der Waals surface area (Å²) in [5, 5.41) is 0. The van der Waals surface area contributed by atoms with Crippen LogP contribution in [0.15, 0.2) is 24.2 Å². The van der Waals surface area contributed by atoms with E-state index in [0.29, 0.717) is 5.92 Å². The van der Waals surface area contributed by atoms with Crippen LogP contribution in [0.4, 0.5) is 0 Å². The lowest BCUT2D eigenvalue weighted by Gasteiger charge is -2.25. The molecule has 2 heteroatoms. The van der Waals surface area contributed by atoms with E-state index in [4.69, 9.17) is 9.47 Å². The van der Waals surface area contributed by atoms with E-state index >= 15 is 0 Å². The predicted octanol–water partition coefficient (Wildman–Crippen LogP) is 5.70. The summed E-state index contributed by atoms with van der Waals surface area (Å²) < 4.78 is 11.9. The molecule has 1 fully saturated rings. The average molecular weight is 278 g/mol. The van der Waals surface area contributed by atoms with Gasteiger partial charge in [0.25, 0.3) is 0 Å². The fourth-order valence-corrected chi connectivity index (χ4v) is 3.24. The van der Waals surface area contributed by atoms with E-state index in [1.807, 2.05) is 6.92 Å². The van der Waals surface area contributed by atoms with Gasteiger partial charge in [0, 0.05) is 13.3 Å². The van der Waals surface area contributed by atoms with Gasteiger partial charge in [-0.3, -0.25) is 0 Å². The van der Waals surface area contributed by atoms with E-state index in [1.165, 1.54) is 51.4 Å². The standard InChI is InChI=1S/C18H30O2/c1-4-5-10-13-18(3)19-14-17(20-18)15(2)16-11-8-6-7-9-12-16/h14,16H,2,4-13H2,1,3H3. The Labute approximate surface area is 124 Å². The minimum atomic E-state index is -0.460. The first-order valence-electron chi connectivity index (χ1n) is 8.41. The molecular formula is C18H30O2. The maximum Gasteiger partial charge on any atom is 0.248 e. The van der Waals surface area contributed by atoms with Gasteiger partial charge in [-0.2, -0.15) is 0 Å². The maximum absolute atomic E-state index is 6.09. The van der Waals surface area contributed by atoms with Crippen LogP contribution in [0.5, 0.6) is 0 Å². The Balaban J connectivity index is 1.85. The van der Waals surface area contributed by atoms with Crippen LogP contribution in [0.1, 0.15) is 78.1 Å². The van der Waals surface area contributed by atoms with Crippen LogP contribution < -0.4 is 0 Å². The Kier molecular flexibility index (Phi) is 5.56. The van der Waals surface area contributed by atoms with Gasteiger partial charge in [-0.05, 0) is 30.8 Å². The second kappa shape index (κ2) is 7.19. The van der Waals surface area contributed by atoms with E-state index in [2.05, 4.69) is 13.5 Å². The zero-order chi connectivity index (χ0) is 14.4. The molecule has 0 spiro atoms. The molecule has 0 aromatic carbocycles. The molecule has 0 bridgehead atoms. The molecule has 1 unspecified atom stereocenters. The van der Waals surface area contributed by atoms with Crippen molar-refractivity contribution in [1.82, 2.24) is 0 Å². The SMILES string of the molecule is C=C(C1=COC(C)(CCCCC)O1)C1CCCCCC1. The predicted molar refractivity (Wildman–Crippen MR) is 83.1 cm³/mol. The highest BCUT2D eigenvalue weighted by Crippen LogP contribution is 2.38. The molecule has 1 aliphatic heterocycles. The van der Waals surface area contributed by atoms with Crippen LogP contribution in [0.3, 0.4) is 0 Å². The molecule has 2 aliphatic rings. The number of hydrogen-bond acceptors (Lipinski definition) is 2. The molecular weight excluding hydrogens is 248 g/mol. The summed E-state index contributed by atoms with van der Waals surface area (Å²) in [5.41, 5.74) is 1.16. The first kappa shape index (κ1) is 15.5. The molecule has 1 atom stereocenters. The molecule has 2 rings (SSSR count). The van der Waals surface area contributed by atoms with E-state index in [1.54, 1.807) is 6.26 Å². The molecule has 0 amide bonds. The summed E-state index contributed by atoms with van der Waals surface area (Å²) in [6, 6.07) is 0. The minimum Gasteiger partial charge on any atom is -0.456 e. The van der Waals surface area contributed by atoms with Crippen LogP contribution in [-0.4, -0.2) is 5.79 Å². The second-order valence-electron chi connectivity index (χ2n) is 6.51. The van der Waals surface area contributed by atoms with Crippen molar-refractivity contribution in [1.29, 1.82) is 0 Å². The molecule has 0 radical (unpaired) electrons. The molecule has 20 heavy (non-hydrogen) atoms. The quantitative estimate of drug-likeness (QED) is 0.458. The highest BCUT2D eigenvalue weighted by molar-refractivity contribution is 5.26. The first-order chi connectivity index (χ1) is 9.64.